The Morgan fingerprint density at radius 3 is 1.80 bits per heavy atom. The van der Waals surface area contributed by atoms with Gasteiger partial charge in [0.1, 0.15) is 17.4 Å². The van der Waals surface area contributed by atoms with Crippen molar-refractivity contribution in [1.82, 2.24) is 0 Å². The van der Waals surface area contributed by atoms with Crippen LogP contribution in [0.15, 0.2) is 72.8 Å². The average molecular weight is 559 g/mol. The highest BCUT2D eigenvalue weighted by molar-refractivity contribution is 5.71. The van der Waals surface area contributed by atoms with E-state index < -0.39 is 46.9 Å². The highest BCUT2D eigenvalue weighted by atomic mass is 19.3. The van der Waals surface area contributed by atoms with Gasteiger partial charge < -0.3 is 4.74 Å². The molecule has 0 radical (unpaired) electrons. The van der Waals surface area contributed by atoms with Crippen LogP contribution in [0.3, 0.4) is 0 Å². The van der Waals surface area contributed by atoms with Crippen LogP contribution in [0.1, 0.15) is 42.7 Å². The van der Waals surface area contributed by atoms with E-state index in [0.717, 1.165) is 11.1 Å². The number of benzene rings is 4. The van der Waals surface area contributed by atoms with Crippen molar-refractivity contribution in [2.24, 2.45) is 5.92 Å². The summed E-state index contributed by atoms with van der Waals surface area (Å²) in [7, 11) is 0. The van der Waals surface area contributed by atoms with Gasteiger partial charge in [0, 0.05) is 17.7 Å². The monoisotopic (exact) mass is 558 g/mol. The Balaban J connectivity index is 1.26. The average Bonchev–Trinajstić information content (AvgIpc) is 2.92. The molecule has 4 aromatic rings. The van der Waals surface area contributed by atoms with Crippen molar-refractivity contribution in [2.45, 2.75) is 44.6 Å². The summed E-state index contributed by atoms with van der Waals surface area (Å²) in [5.74, 6) is -8.50. The molecule has 1 aliphatic carbocycles. The van der Waals surface area contributed by atoms with Crippen molar-refractivity contribution in [2.75, 3.05) is 0 Å². The number of hydrogen-bond acceptors (Lipinski definition) is 1. The molecular weight excluding hydrogens is 533 g/mol. The summed E-state index contributed by atoms with van der Waals surface area (Å²) in [6, 6.07) is 17.6. The molecule has 40 heavy (non-hydrogen) atoms. The molecule has 0 bridgehead atoms. The van der Waals surface area contributed by atoms with Crippen LogP contribution in [0, 0.1) is 41.9 Å². The van der Waals surface area contributed by atoms with Gasteiger partial charge >= 0.3 is 6.11 Å². The van der Waals surface area contributed by atoms with Crippen molar-refractivity contribution in [1.29, 1.82) is 0 Å². The van der Waals surface area contributed by atoms with Crippen molar-refractivity contribution in [3.8, 4) is 28.0 Å². The number of ether oxygens (including phenoxy) is 1. The maximum absolute atomic E-state index is 15.2. The van der Waals surface area contributed by atoms with Crippen molar-refractivity contribution in [3.05, 3.63) is 113 Å². The van der Waals surface area contributed by atoms with Crippen LogP contribution in [0.2, 0.25) is 0 Å². The van der Waals surface area contributed by atoms with Crippen LogP contribution in [0.4, 0.5) is 30.7 Å². The van der Waals surface area contributed by atoms with E-state index in [1.54, 1.807) is 24.3 Å². The van der Waals surface area contributed by atoms with Gasteiger partial charge in [-0.1, -0.05) is 54.1 Å². The van der Waals surface area contributed by atoms with E-state index in [1.807, 2.05) is 31.2 Å². The third-order valence-electron chi connectivity index (χ3n) is 7.52. The molecule has 0 aliphatic heterocycles. The van der Waals surface area contributed by atoms with E-state index in [1.165, 1.54) is 12.1 Å². The molecule has 0 N–H and O–H groups in total. The summed E-state index contributed by atoms with van der Waals surface area (Å²) >= 11 is 0. The Kier molecular flexibility index (Phi) is 7.62. The number of hydrogen-bond donors (Lipinski definition) is 0. The lowest BCUT2D eigenvalue weighted by Gasteiger charge is -2.33. The third-order valence-corrected chi connectivity index (χ3v) is 7.52. The Labute approximate surface area is 227 Å². The van der Waals surface area contributed by atoms with Gasteiger partial charge in [-0.3, -0.25) is 0 Å². The van der Waals surface area contributed by atoms with E-state index in [2.05, 4.69) is 4.74 Å². The lowest BCUT2D eigenvalue weighted by atomic mass is 9.77. The Morgan fingerprint density at radius 2 is 1.20 bits per heavy atom. The molecule has 1 nitrogen and oxygen atoms in total. The molecule has 0 saturated heterocycles. The summed E-state index contributed by atoms with van der Waals surface area (Å²) in [6.45, 7) is 1.96. The fourth-order valence-electron chi connectivity index (χ4n) is 5.27. The van der Waals surface area contributed by atoms with Gasteiger partial charge in [-0.25, -0.2) is 22.0 Å². The van der Waals surface area contributed by atoms with Crippen molar-refractivity contribution >= 4 is 0 Å². The maximum atomic E-state index is 15.2. The minimum Gasteiger partial charge on any atom is -0.432 e. The predicted octanol–water partition coefficient (Wildman–Crippen LogP) is 9.97. The van der Waals surface area contributed by atoms with E-state index in [9.17, 15) is 26.3 Å². The largest absolute Gasteiger partial charge is 0.432 e. The summed E-state index contributed by atoms with van der Waals surface area (Å²) < 4.78 is 104. The zero-order chi connectivity index (χ0) is 28.6. The van der Waals surface area contributed by atoms with Crippen LogP contribution in [-0.2, 0) is 0 Å². The second-order valence-corrected chi connectivity index (χ2v) is 10.2. The molecule has 1 saturated carbocycles. The molecule has 0 unspecified atom stereocenters. The molecule has 8 heteroatoms. The van der Waals surface area contributed by atoms with Gasteiger partial charge in [0.2, 0.25) is 0 Å². The summed E-state index contributed by atoms with van der Waals surface area (Å²) in [5.41, 5.74) is 3.61. The molecule has 0 amide bonds. The topological polar surface area (TPSA) is 9.23 Å². The van der Waals surface area contributed by atoms with Crippen molar-refractivity contribution < 1.29 is 35.5 Å². The molecule has 4 aromatic carbocycles. The highest BCUT2D eigenvalue weighted by Gasteiger charge is 2.44. The Hall–Kier alpha value is -3.81. The molecule has 0 atom stereocenters. The quantitative estimate of drug-likeness (QED) is 0.169. The molecule has 1 aliphatic rings. The second-order valence-electron chi connectivity index (χ2n) is 10.2. The highest BCUT2D eigenvalue weighted by Crippen LogP contribution is 2.44. The molecule has 208 valence electrons. The first kappa shape index (κ1) is 27.7. The SMILES string of the molecule is Cc1ccc(-c2ccc(-c3ccc(C4CCC(C(F)(F)Oc5cc(F)c(F)c(F)c5)CC4)c(F)c3)c(F)c2)cc1. The summed E-state index contributed by atoms with van der Waals surface area (Å²) in [5, 5.41) is 0. The van der Waals surface area contributed by atoms with E-state index in [0.29, 0.717) is 28.8 Å². The molecule has 0 aromatic heterocycles. The van der Waals surface area contributed by atoms with E-state index in [4.69, 9.17) is 0 Å². The zero-order valence-electron chi connectivity index (χ0n) is 21.5. The van der Waals surface area contributed by atoms with Gasteiger partial charge in [-0.2, -0.15) is 8.78 Å². The van der Waals surface area contributed by atoms with Gasteiger partial charge in [0.15, 0.2) is 17.5 Å². The van der Waals surface area contributed by atoms with Crippen LogP contribution < -0.4 is 4.74 Å². The van der Waals surface area contributed by atoms with Crippen LogP contribution in [-0.4, -0.2) is 6.11 Å². The van der Waals surface area contributed by atoms with Crippen LogP contribution in [0.25, 0.3) is 22.3 Å². The van der Waals surface area contributed by atoms with Crippen LogP contribution in [0.5, 0.6) is 5.75 Å². The first-order valence-electron chi connectivity index (χ1n) is 12.9. The fourth-order valence-corrected chi connectivity index (χ4v) is 5.27. The first-order valence-corrected chi connectivity index (χ1v) is 12.9. The minimum absolute atomic E-state index is 0.0277. The fraction of sp³-hybridized carbons (Fsp3) is 0.250. The Morgan fingerprint density at radius 1 is 0.625 bits per heavy atom. The predicted molar refractivity (Wildman–Crippen MR) is 139 cm³/mol. The van der Waals surface area contributed by atoms with Gasteiger partial charge in [0.05, 0.1) is 5.92 Å². The molecular formula is C32H25F7O. The second kappa shape index (κ2) is 11.0. The number of aryl methyl sites for hydroxylation is 1. The number of halogens is 7. The van der Waals surface area contributed by atoms with Gasteiger partial charge in [0.25, 0.3) is 0 Å². The zero-order valence-corrected chi connectivity index (χ0v) is 21.5. The van der Waals surface area contributed by atoms with E-state index >= 15 is 4.39 Å². The lowest BCUT2D eigenvalue weighted by Crippen LogP contribution is -2.37. The first-order chi connectivity index (χ1) is 19.0. The van der Waals surface area contributed by atoms with E-state index in [-0.39, 0.29) is 37.2 Å². The van der Waals surface area contributed by atoms with Gasteiger partial charge in [-0.05, 0) is 72.9 Å². The minimum atomic E-state index is -3.76. The normalized spacial score (nSPS) is 17.6. The Bertz CT molecular complexity index is 1500. The number of rotatable bonds is 6. The third kappa shape index (κ3) is 5.71. The van der Waals surface area contributed by atoms with Crippen LogP contribution >= 0.6 is 0 Å². The maximum Gasteiger partial charge on any atom is 0.400 e. The van der Waals surface area contributed by atoms with Crippen molar-refractivity contribution in [3.63, 3.8) is 0 Å². The smallest absolute Gasteiger partial charge is 0.400 e. The molecule has 1 fully saturated rings. The summed E-state index contributed by atoms with van der Waals surface area (Å²) in [6.07, 6.45) is -3.36. The summed E-state index contributed by atoms with van der Waals surface area (Å²) in [4.78, 5) is 0. The van der Waals surface area contributed by atoms with Gasteiger partial charge in [-0.15, -0.1) is 0 Å². The lowest BCUT2D eigenvalue weighted by molar-refractivity contribution is -0.222. The molecule has 5 rings (SSSR count). The number of alkyl halides is 2. The molecule has 0 heterocycles. The standard InChI is InChI=1S/C32H25F7O/c1-18-2-4-19(5-3-18)21-8-12-26(27(33)14-21)22-9-13-25(28(34)15-22)20-6-10-23(11-7-20)32(38,39)40-24-16-29(35)31(37)30(36)17-24/h2-5,8-9,12-17,20,23H,6-7,10-11H2,1H3. The molecule has 0 spiro atoms.